The predicted octanol–water partition coefficient (Wildman–Crippen LogP) is 2.78. The largest absolute Gasteiger partial charge is 0.352 e. The number of nitrogens with zero attached hydrogens (tertiary/aromatic N) is 1. The van der Waals surface area contributed by atoms with Crippen LogP contribution in [0.15, 0.2) is 29.4 Å². The smallest absolute Gasteiger partial charge is 0.269 e. The topological polar surface area (TPSA) is 54.0 Å². The summed E-state index contributed by atoms with van der Waals surface area (Å²) >= 11 is 3.32. The first-order valence-electron chi connectivity index (χ1n) is 6.50. The molecule has 1 aromatic heterocycles. The fourth-order valence-electron chi connectivity index (χ4n) is 1.99. The van der Waals surface area contributed by atoms with Crippen LogP contribution in [-0.2, 0) is 4.79 Å². The molecule has 1 unspecified atom stereocenters. The third-order valence-corrected chi connectivity index (χ3v) is 4.95. The number of aromatic nitrogens is 1. The summed E-state index contributed by atoms with van der Waals surface area (Å²) in [7, 11) is 0. The first-order chi connectivity index (χ1) is 9.76. The first kappa shape index (κ1) is 13.5. The van der Waals surface area contributed by atoms with Gasteiger partial charge in [-0.05, 0) is 35.9 Å². The number of hydrogen-bond acceptors (Lipinski definition) is 5. The van der Waals surface area contributed by atoms with E-state index in [4.69, 9.17) is 0 Å². The highest BCUT2D eigenvalue weighted by Gasteiger charge is 2.24. The highest BCUT2D eigenvalue weighted by molar-refractivity contribution is 7.99. The van der Waals surface area contributed by atoms with Gasteiger partial charge in [0.05, 0.1) is 15.7 Å². The molecule has 0 radical (unpaired) electrons. The van der Waals surface area contributed by atoms with Gasteiger partial charge in [-0.15, -0.1) is 23.1 Å². The van der Waals surface area contributed by atoms with Crippen LogP contribution in [0.3, 0.4) is 0 Å². The number of rotatable bonds is 4. The van der Waals surface area contributed by atoms with Crippen LogP contribution >= 0.6 is 23.1 Å². The van der Waals surface area contributed by atoms with Crippen LogP contribution < -0.4 is 10.6 Å². The molecule has 1 saturated heterocycles. The van der Waals surface area contributed by atoms with Crippen molar-refractivity contribution in [2.24, 2.45) is 0 Å². The fourth-order valence-corrected chi connectivity index (χ4v) is 3.59. The maximum Gasteiger partial charge on any atom is 0.269 e. The molecule has 1 aliphatic heterocycles. The van der Waals surface area contributed by atoms with E-state index in [1.807, 2.05) is 23.7 Å². The van der Waals surface area contributed by atoms with Gasteiger partial charge in [0.2, 0.25) is 0 Å². The molecule has 6 heteroatoms. The number of benzene rings is 1. The molecule has 2 heterocycles. The molecule has 1 amide bonds. The van der Waals surface area contributed by atoms with Crippen molar-refractivity contribution in [3.63, 3.8) is 0 Å². The maximum atomic E-state index is 11.9. The zero-order valence-corrected chi connectivity index (χ0v) is 12.7. The maximum absolute atomic E-state index is 11.9. The van der Waals surface area contributed by atoms with Crippen molar-refractivity contribution in [3.8, 4) is 0 Å². The second-order valence-corrected chi connectivity index (χ2v) is 6.61. The molecule has 1 fully saturated rings. The average Bonchev–Trinajstić information content (AvgIpc) is 3.03. The van der Waals surface area contributed by atoms with Crippen LogP contribution in [0, 0.1) is 0 Å². The minimum atomic E-state index is -0.0389. The summed E-state index contributed by atoms with van der Waals surface area (Å²) in [5, 5.41) is 6.14. The molecule has 0 bridgehead atoms. The highest BCUT2D eigenvalue weighted by Crippen LogP contribution is 2.21. The molecule has 0 spiro atoms. The summed E-state index contributed by atoms with van der Waals surface area (Å²) in [6, 6.07) is 6.02. The summed E-state index contributed by atoms with van der Waals surface area (Å²) in [5.41, 5.74) is 4.46. The molecule has 2 aromatic rings. The van der Waals surface area contributed by atoms with Gasteiger partial charge < -0.3 is 10.6 Å². The lowest BCUT2D eigenvalue weighted by molar-refractivity contribution is -0.116. The number of nitrogens with one attached hydrogen (secondary N) is 2. The van der Waals surface area contributed by atoms with Gasteiger partial charge in [0.15, 0.2) is 0 Å². The number of thioether (sulfide) groups is 1. The van der Waals surface area contributed by atoms with Crippen molar-refractivity contribution < 1.29 is 4.79 Å². The lowest BCUT2D eigenvalue weighted by Crippen LogP contribution is -2.28. The van der Waals surface area contributed by atoms with Crippen LogP contribution in [0.25, 0.3) is 16.3 Å². The Hall–Kier alpha value is -1.53. The van der Waals surface area contributed by atoms with E-state index in [1.54, 1.807) is 23.1 Å². The Labute approximate surface area is 125 Å². The Kier molecular flexibility index (Phi) is 3.93. The van der Waals surface area contributed by atoms with E-state index < -0.39 is 0 Å². The normalized spacial score (nSPS) is 20.4. The summed E-state index contributed by atoms with van der Waals surface area (Å²) in [6.07, 6.45) is 2.99. The minimum Gasteiger partial charge on any atom is -0.352 e. The summed E-state index contributed by atoms with van der Waals surface area (Å²) in [5.74, 6) is 0.987. The van der Waals surface area contributed by atoms with E-state index in [9.17, 15) is 4.79 Å². The van der Waals surface area contributed by atoms with Crippen LogP contribution in [0.5, 0.6) is 0 Å². The molecule has 3 rings (SSSR count). The fraction of sp³-hybridized carbons (Fsp3) is 0.286. The molecule has 1 aliphatic rings. The van der Waals surface area contributed by atoms with Crippen LogP contribution in [-0.4, -0.2) is 22.1 Å². The van der Waals surface area contributed by atoms with Gasteiger partial charge in [0.1, 0.15) is 11.2 Å². The van der Waals surface area contributed by atoms with Crippen LogP contribution in [0.2, 0.25) is 0 Å². The Morgan fingerprint density at radius 1 is 1.45 bits per heavy atom. The standard InChI is InChI=1S/C14H15N3OS2/c1-2-5-19-14-16-11(13(18)17-14)6-9-3-4-10-12(7-9)20-8-15-10/h3-4,6-8,14,16H,2,5H2,1H3,(H,17,18)/b11-6-. The highest BCUT2D eigenvalue weighted by atomic mass is 32.2. The van der Waals surface area contributed by atoms with Crippen molar-refractivity contribution in [1.29, 1.82) is 0 Å². The second-order valence-electron chi connectivity index (χ2n) is 4.51. The number of carbonyl (C=O) groups excluding carboxylic acids is 1. The Bertz CT molecular complexity index is 665. The molecule has 1 atom stereocenters. The molecule has 1 aromatic carbocycles. The summed E-state index contributed by atoms with van der Waals surface area (Å²) in [4.78, 5) is 16.2. The van der Waals surface area contributed by atoms with Crippen LogP contribution in [0.4, 0.5) is 0 Å². The zero-order valence-electron chi connectivity index (χ0n) is 11.1. The van der Waals surface area contributed by atoms with Crippen molar-refractivity contribution in [2.45, 2.75) is 18.8 Å². The Morgan fingerprint density at radius 2 is 2.35 bits per heavy atom. The second kappa shape index (κ2) is 5.85. The molecule has 104 valence electrons. The quantitative estimate of drug-likeness (QED) is 0.853. The Balaban J connectivity index is 1.79. The van der Waals surface area contributed by atoms with Gasteiger partial charge in [-0.25, -0.2) is 4.98 Å². The number of amides is 1. The van der Waals surface area contributed by atoms with E-state index in [2.05, 4.69) is 28.6 Å². The van der Waals surface area contributed by atoms with Gasteiger partial charge >= 0.3 is 0 Å². The third kappa shape index (κ3) is 2.81. The molecule has 4 nitrogen and oxygen atoms in total. The van der Waals surface area contributed by atoms with Gasteiger partial charge in [-0.3, -0.25) is 4.79 Å². The van der Waals surface area contributed by atoms with E-state index in [1.165, 1.54) is 0 Å². The number of hydrogen-bond donors (Lipinski definition) is 2. The average molecular weight is 305 g/mol. The number of thiazole rings is 1. The first-order valence-corrected chi connectivity index (χ1v) is 8.43. The van der Waals surface area contributed by atoms with Gasteiger partial charge in [0.25, 0.3) is 5.91 Å². The van der Waals surface area contributed by atoms with Crippen LogP contribution in [0.1, 0.15) is 18.9 Å². The van der Waals surface area contributed by atoms with Crippen molar-refractivity contribution in [3.05, 3.63) is 35.0 Å². The summed E-state index contributed by atoms with van der Waals surface area (Å²) in [6.45, 7) is 2.13. The monoisotopic (exact) mass is 305 g/mol. The molecule has 0 saturated carbocycles. The lowest BCUT2D eigenvalue weighted by Gasteiger charge is -2.08. The van der Waals surface area contributed by atoms with Gasteiger partial charge in [-0.2, -0.15) is 0 Å². The molecule has 0 aliphatic carbocycles. The summed E-state index contributed by atoms with van der Waals surface area (Å²) < 4.78 is 1.13. The van der Waals surface area contributed by atoms with Crippen molar-refractivity contribution in [1.82, 2.24) is 15.6 Å². The zero-order chi connectivity index (χ0) is 13.9. The molecular formula is C14H15N3OS2. The van der Waals surface area contributed by atoms with Gasteiger partial charge in [-0.1, -0.05) is 13.0 Å². The van der Waals surface area contributed by atoms with Crippen molar-refractivity contribution in [2.75, 3.05) is 5.75 Å². The molecule has 2 N–H and O–H groups in total. The van der Waals surface area contributed by atoms with E-state index in [0.29, 0.717) is 5.70 Å². The Morgan fingerprint density at radius 3 is 3.20 bits per heavy atom. The lowest BCUT2D eigenvalue weighted by atomic mass is 10.2. The SMILES string of the molecule is CCCSC1NC(=O)/C(=C/c2ccc3ncsc3c2)N1. The number of fused-ring (bicyclic) bond motifs is 1. The van der Waals surface area contributed by atoms with E-state index >= 15 is 0 Å². The van der Waals surface area contributed by atoms with Crippen molar-refractivity contribution >= 4 is 45.3 Å². The molecule has 20 heavy (non-hydrogen) atoms. The minimum absolute atomic E-state index is 0.0131. The number of carbonyl (C=O) groups is 1. The van der Waals surface area contributed by atoms with Gasteiger partial charge in [0, 0.05) is 0 Å². The molecular weight excluding hydrogens is 290 g/mol. The third-order valence-electron chi connectivity index (χ3n) is 2.95. The van der Waals surface area contributed by atoms with E-state index in [0.717, 1.165) is 28.0 Å². The van der Waals surface area contributed by atoms with E-state index in [-0.39, 0.29) is 11.4 Å². The predicted molar refractivity (Wildman–Crippen MR) is 85.4 cm³/mol.